The first-order valence-electron chi connectivity index (χ1n) is 14.6. The second-order valence-corrected chi connectivity index (χ2v) is 11.6. The van der Waals surface area contributed by atoms with Crippen molar-refractivity contribution in [1.29, 1.82) is 0 Å². The van der Waals surface area contributed by atoms with Crippen LogP contribution in [0.2, 0.25) is 0 Å². The lowest BCUT2D eigenvalue weighted by atomic mass is 9.95. The van der Waals surface area contributed by atoms with Gasteiger partial charge in [0.05, 0.1) is 23.1 Å². The molecule has 2 aromatic carbocycles. The average Bonchev–Trinajstić information content (AvgIpc) is 3.40. The Hall–Kier alpha value is -3.71. The summed E-state index contributed by atoms with van der Waals surface area (Å²) in [4.78, 5) is 9.49. The zero-order valence-corrected chi connectivity index (χ0v) is 23.6. The molecule has 0 radical (unpaired) electrons. The van der Waals surface area contributed by atoms with Crippen molar-refractivity contribution in [2.45, 2.75) is 52.5 Å². The van der Waals surface area contributed by atoms with Crippen molar-refractivity contribution < 1.29 is 4.39 Å². The number of nitrogens with zero attached hydrogens (tertiary/aromatic N) is 4. The number of fused-ring (bicyclic) bond motifs is 1. The molecule has 0 saturated carbocycles. The van der Waals surface area contributed by atoms with E-state index in [2.05, 4.69) is 57.0 Å². The molecule has 40 heavy (non-hydrogen) atoms. The molecule has 4 aromatic rings. The van der Waals surface area contributed by atoms with Crippen LogP contribution in [-0.2, 0) is 6.54 Å². The van der Waals surface area contributed by atoms with Crippen LogP contribution in [0, 0.1) is 18.7 Å². The molecule has 2 fully saturated rings. The van der Waals surface area contributed by atoms with E-state index < -0.39 is 0 Å². The van der Waals surface area contributed by atoms with Crippen LogP contribution in [-0.4, -0.2) is 46.3 Å². The van der Waals surface area contributed by atoms with Gasteiger partial charge in [-0.15, -0.1) is 0 Å². The number of anilines is 2. The van der Waals surface area contributed by atoms with Gasteiger partial charge in [0.2, 0.25) is 0 Å². The van der Waals surface area contributed by atoms with Crippen molar-refractivity contribution in [1.82, 2.24) is 20.1 Å². The number of hydrogen-bond acceptors (Lipinski definition) is 5. The summed E-state index contributed by atoms with van der Waals surface area (Å²) in [7, 11) is 0. The van der Waals surface area contributed by atoms with Gasteiger partial charge in [0.1, 0.15) is 17.3 Å². The highest BCUT2D eigenvalue weighted by Gasteiger charge is 2.18. The number of nitrogens with one attached hydrogen (secondary N) is 2. The van der Waals surface area contributed by atoms with Crippen molar-refractivity contribution in [3.8, 4) is 11.1 Å². The number of piperidine rings is 2. The molecule has 208 valence electrons. The van der Waals surface area contributed by atoms with E-state index in [4.69, 9.17) is 4.98 Å². The molecule has 0 spiro atoms. The number of rotatable bonds is 7. The number of benzene rings is 2. The first kappa shape index (κ1) is 26.5. The van der Waals surface area contributed by atoms with Gasteiger partial charge in [-0.1, -0.05) is 26.0 Å². The zero-order valence-electron chi connectivity index (χ0n) is 23.6. The van der Waals surface area contributed by atoms with Crippen LogP contribution >= 0.6 is 0 Å². The minimum absolute atomic E-state index is 0.155. The molecule has 2 saturated heterocycles. The van der Waals surface area contributed by atoms with Gasteiger partial charge in [0.15, 0.2) is 0 Å². The van der Waals surface area contributed by atoms with Gasteiger partial charge in [0.25, 0.3) is 0 Å². The minimum Gasteiger partial charge on any atom is -0.357 e. The molecule has 2 N–H and O–H groups in total. The maximum atomic E-state index is 15.1. The first-order chi connectivity index (χ1) is 19.4. The predicted molar refractivity (Wildman–Crippen MR) is 163 cm³/mol. The molecule has 0 bridgehead atoms. The van der Waals surface area contributed by atoms with E-state index in [0.29, 0.717) is 11.3 Å². The normalized spacial score (nSPS) is 16.9. The fourth-order valence-electron chi connectivity index (χ4n) is 6.03. The molecule has 0 unspecified atom stereocenters. The van der Waals surface area contributed by atoms with Crippen LogP contribution in [0.1, 0.15) is 55.8 Å². The Morgan fingerprint density at radius 2 is 1.85 bits per heavy atom. The fraction of sp³-hybridized carbons (Fsp3) is 0.394. The maximum absolute atomic E-state index is 15.1. The number of aromatic amines is 1. The topological polar surface area (TPSA) is 60.1 Å². The highest BCUT2D eigenvalue weighted by molar-refractivity contribution is 5.95. The summed E-state index contributed by atoms with van der Waals surface area (Å²) in [5.74, 6) is 1.65. The molecule has 2 aliphatic heterocycles. The highest BCUT2D eigenvalue weighted by atomic mass is 19.1. The number of H-pyrrole nitrogens is 1. The van der Waals surface area contributed by atoms with Crippen molar-refractivity contribution in [3.05, 3.63) is 77.9 Å². The standard InChI is InChI=1S/C33H39FN6/c1-22-11-15-40(16-12-22)32-10-8-27(20-35-32)36-24(3)33-29-19-26(7-9-31(29)37-38-33)28-17-25(18-30(34)23(28)2)21-39-13-5-4-6-14-39/h7-10,17-20,22,36H,3-6,11-16,21H2,1-2H3,(H,37,38). The van der Waals surface area contributed by atoms with E-state index in [1.165, 1.54) is 32.1 Å². The molecule has 0 amide bonds. The smallest absolute Gasteiger partial charge is 0.128 e. The Kier molecular flexibility index (Phi) is 7.57. The van der Waals surface area contributed by atoms with Crippen molar-refractivity contribution in [3.63, 3.8) is 0 Å². The molecule has 0 atom stereocenters. The quantitative estimate of drug-likeness (QED) is 0.257. The number of pyridine rings is 1. The third-order valence-electron chi connectivity index (χ3n) is 8.57. The van der Waals surface area contributed by atoms with E-state index in [0.717, 1.165) is 83.4 Å². The second kappa shape index (κ2) is 11.4. The second-order valence-electron chi connectivity index (χ2n) is 11.6. The number of aromatic nitrogens is 3. The lowest BCUT2D eigenvalue weighted by molar-refractivity contribution is 0.220. The molecule has 0 aliphatic carbocycles. The van der Waals surface area contributed by atoms with Gasteiger partial charge >= 0.3 is 0 Å². The Balaban J connectivity index is 1.22. The van der Waals surface area contributed by atoms with Crippen LogP contribution in [0.15, 0.2) is 55.2 Å². The summed E-state index contributed by atoms with van der Waals surface area (Å²) >= 11 is 0. The number of likely N-dealkylation sites (tertiary alicyclic amines) is 1. The summed E-state index contributed by atoms with van der Waals surface area (Å²) < 4.78 is 15.1. The maximum Gasteiger partial charge on any atom is 0.128 e. The summed E-state index contributed by atoms with van der Waals surface area (Å²) in [6.07, 6.45) is 8.01. The molecule has 6 rings (SSSR count). The number of halogens is 1. The fourth-order valence-corrected chi connectivity index (χ4v) is 6.03. The van der Waals surface area contributed by atoms with E-state index in [-0.39, 0.29) is 5.82 Å². The van der Waals surface area contributed by atoms with Gasteiger partial charge in [-0.05, 0) is 110 Å². The Morgan fingerprint density at radius 3 is 2.60 bits per heavy atom. The van der Waals surface area contributed by atoms with Gasteiger partial charge in [-0.2, -0.15) is 5.10 Å². The van der Waals surface area contributed by atoms with Crippen molar-refractivity contribution in [2.24, 2.45) is 5.92 Å². The van der Waals surface area contributed by atoms with E-state index in [1.807, 2.05) is 31.3 Å². The van der Waals surface area contributed by atoms with Crippen molar-refractivity contribution in [2.75, 3.05) is 36.4 Å². The van der Waals surface area contributed by atoms with E-state index >= 15 is 4.39 Å². The molecule has 4 heterocycles. The lowest BCUT2D eigenvalue weighted by Crippen LogP contribution is -2.33. The van der Waals surface area contributed by atoms with Crippen molar-refractivity contribution >= 4 is 28.1 Å². The largest absolute Gasteiger partial charge is 0.357 e. The van der Waals surface area contributed by atoms with Gasteiger partial charge in [0, 0.05) is 25.0 Å². The molecular formula is C33H39FN6. The van der Waals surface area contributed by atoms with Crippen LogP contribution in [0.25, 0.3) is 27.7 Å². The summed E-state index contributed by atoms with van der Waals surface area (Å²) in [6, 6.07) is 14.1. The summed E-state index contributed by atoms with van der Waals surface area (Å²) in [5.41, 5.74) is 6.80. The summed E-state index contributed by atoms with van der Waals surface area (Å²) in [5, 5.41) is 12.0. The van der Waals surface area contributed by atoms with E-state index in [1.54, 1.807) is 6.07 Å². The molecular weight excluding hydrogens is 499 g/mol. The molecule has 7 heteroatoms. The summed E-state index contributed by atoms with van der Waals surface area (Å²) in [6.45, 7) is 13.5. The minimum atomic E-state index is -0.155. The SMILES string of the molecule is C=C(Nc1ccc(N2CCC(C)CC2)nc1)c1n[nH]c2ccc(-c3cc(CN4CCCCC4)cc(F)c3C)cc12. The monoisotopic (exact) mass is 538 g/mol. The Morgan fingerprint density at radius 1 is 1.05 bits per heavy atom. The Bertz CT molecular complexity index is 1490. The van der Waals surface area contributed by atoms with E-state index in [9.17, 15) is 0 Å². The van der Waals surface area contributed by atoms with Gasteiger partial charge < -0.3 is 10.2 Å². The van der Waals surface area contributed by atoms with Crippen LogP contribution in [0.4, 0.5) is 15.9 Å². The first-order valence-corrected chi connectivity index (χ1v) is 14.6. The lowest BCUT2D eigenvalue weighted by Gasteiger charge is -2.31. The number of hydrogen-bond donors (Lipinski definition) is 2. The molecule has 2 aliphatic rings. The Labute approximate surface area is 236 Å². The van der Waals surface area contributed by atoms with Crippen LogP contribution in [0.3, 0.4) is 0 Å². The molecule has 2 aromatic heterocycles. The zero-order chi connectivity index (χ0) is 27.6. The van der Waals surface area contributed by atoms with Crippen LogP contribution in [0.5, 0.6) is 0 Å². The van der Waals surface area contributed by atoms with Crippen LogP contribution < -0.4 is 10.2 Å². The molecule has 6 nitrogen and oxygen atoms in total. The third kappa shape index (κ3) is 5.61. The third-order valence-corrected chi connectivity index (χ3v) is 8.57. The predicted octanol–water partition coefficient (Wildman–Crippen LogP) is 7.38. The van der Waals surface area contributed by atoms with Gasteiger partial charge in [-0.3, -0.25) is 10.00 Å². The van der Waals surface area contributed by atoms with Gasteiger partial charge in [-0.25, -0.2) is 9.37 Å². The highest BCUT2D eigenvalue weighted by Crippen LogP contribution is 2.32. The average molecular weight is 539 g/mol.